The van der Waals surface area contributed by atoms with E-state index in [0.717, 1.165) is 0 Å². The minimum absolute atomic E-state index is 0.0173. The van der Waals surface area contributed by atoms with Crippen LogP contribution >= 0.6 is 0 Å². The normalized spacial score (nSPS) is 12.0. The molecular weight excluding hydrogens is 251 g/mol. The van der Waals surface area contributed by atoms with Gasteiger partial charge >= 0.3 is 0 Å². The molecule has 0 saturated heterocycles. The number of carbonyl (C=O) groups is 1. The van der Waals surface area contributed by atoms with Crippen LogP contribution in [0.15, 0.2) is 18.2 Å². The lowest BCUT2D eigenvalue weighted by Gasteiger charge is -2.09. The number of rotatable bonds is 7. The third-order valence-electron chi connectivity index (χ3n) is 2.45. The summed E-state index contributed by atoms with van der Waals surface area (Å²) in [6.07, 6.45) is -0.435. The molecule has 6 heteroatoms. The first-order valence-corrected chi connectivity index (χ1v) is 6.05. The van der Waals surface area contributed by atoms with Crippen molar-refractivity contribution in [1.29, 1.82) is 0 Å². The smallest absolute Gasteiger partial charge is 0.254 e. The van der Waals surface area contributed by atoms with E-state index in [1.807, 2.05) is 0 Å². The zero-order valence-corrected chi connectivity index (χ0v) is 11.1. The highest BCUT2D eigenvalue weighted by Crippen LogP contribution is 2.15. The minimum atomic E-state index is -0.617. The Bertz CT molecular complexity index is 424. The maximum atomic E-state index is 13.6. The van der Waals surface area contributed by atoms with Crippen molar-refractivity contribution in [2.24, 2.45) is 0 Å². The maximum absolute atomic E-state index is 13.6. The summed E-state index contributed by atoms with van der Waals surface area (Å²) in [6.45, 7) is 2.98. The first kappa shape index (κ1) is 15.4. The van der Waals surface area contributed by atoms with Crippen molar-refractivity contribution in [3.8, 4) is 5.75 Å². The summed E-state index contributed by atoms with van der Waals surface area (Å²) in [5.74, 6) is -0.722. The third kappa shape index (κ3) is 5.23. The van der Waals surface area contributed by atoms with Gasteiger partial charge in [-0.3, -0.25) is 4.79 Å². The van der Waals surface area contributed by atoms with E-state index in [-0.39, 0.29) is 5.56 Å². The van der Waals surface area contributed by atoms with Crippen LogP contribution in [0.25, 0.3) is 0 Å². The lowest BCUT2D eigenvalue weighted by atomic mass is 10.2. The van der Waals surface area contributed by atoms with Crippen LogP contribution in [0.2, 0.25) is 0 Å². The standard InChI is InChI=1S/C13H19FN2O3/c1-9(17)8-15-5-6-16-13(18)11-4-3-10(19-2)7-12(11)14/h3-4,7,9,15,17H,5-6,8H2,1-2H3,(H,16,18). The monoisotopic (exact) mass is 270 g/mol. The van der Waals surface area contributed by atoms with Crippen molar-refractivity contribution in [2.75, 3.05) is 26.7 Å². The Morgan fingerprint density at radius 1 is 1.47 bits per heavy atom. The second-order valence-electron chi connectivity index (χ2n) is 4.15. The van der Waals surface area contributed by atoms with Gasteiger partial charge in [-0.2, -0.15) is 0 Å². The summed E-state index contributed by atoms with van der Waals surface area (Å²) in [5, 5.41) is 14.5. The van der Waals surface area contributed by atoms with E-state index in [1.165, 1.54) is 25.3 Å². The molecule has 1 rings (SSSR count). The predicted molar refractivity (Wildman–Crippen MR) is 69.8 cm³/mol. The lowest BCUT2D eigenvalue weighted by Crippen LogP contribution is -2.34. The Morgan fingerprint density at radius 3 is 2.79 bits per heavy atom. The molecule has 106 valence electrons. The van der Waals surface area contributed by atoms with E-state index in [0.29, 0.717) is 25.4 Å². The highest BCUT2D eigenvalue weighted by Gasteiger charge is 2.11. The fourth-order valence-electron chi connectivity index (χ4n) is 1.48. The van der Waals surface area contributed by atoms with Gasteiger partial charge in [0.05, 0.1) is 18.8 Å². The van der Waals surface area contributed by atoms with Gasteiger partial charge in [-0.25, -0.2) is 4.39 Å². The molecule has 19 heavy (non-hydrogen) atoms. The van der Waals surface area contributed by atoms with Gasteiger partial charge in [0.15, 0.2) is 0 Å². The topological polar surface area (TPSA) is 70.6 Å². The molecule has 0 fully saturated rings. The number of ether oxygens (including phenoxy) is 1. The lowest BCUT2D eigenvalue weighted by molar-refractivity contribution is 0.0949. The largest absolute Gasteiger partial charge is 0.497 e. The Balaban J connectivity index is 2.41. The SMILES string of the molecule is COc1ccc(C(=O)NCCNCC(C)O)c(F)c1. The highest BCUT2D eigenvalue weighted by molar-refractivity contribution is 5.94. The summed E-state index contributed by atoms with van der Waals surface area (Å²) in [7, 11) is 1.43. The van der Waals surface area contributed by atoms with Gasteiger partial charge in [-0.15, -0.1) is 0 Å². The Hall–Kier alpha value is -1.66. The number of benzene rings is 1. The fraction of sp³-hybridized carbons (Fsp3) is 0.462. The average Bonchev–Trinajstić information content (AvgIpc) is 2.37. The van der Waals surface area contributed by atoms with Crippen molar-refractivity contribution in [1.82, 2.24) is 10.6 Å². The van der Waals surface area contributed by atoms with E-state index in [9.17, 15) is 9.18 Å². The molecule has 0 saturated carbocycles. The molecule has 0 heterocycles. The van der Waals surface area contributed by atoms with E-state index in [4.69, 9.17) is 9.84 Å². The number of amides is 1. The predicted octanol–water partition coefficient (Wildman–Crippen LogP) is 0.534. The molecular formula is C13H19FN2O3. The van der Waals surface area contributed by atoms with Crippen LogP contribution in [0.3, 0.4) is 0 Å². The number of aliphatic hydroxyl groups is 1. The second kappa shape index (κ2) is 7.70. The second-order valence-corrected chi connectivity index (χ2v) is 4.15. The molecule has 5 nitrogen and oxygen atoms in total. The molecule has 1 aromatic rings. The van der Waals surface area contributed by atoms with Gasteiger partial charge in [0.2, 0.25) is 0 Å². The quantitative estimate of drug-likeness (QED) is 0.632. The average molecular weight is 270 g/mol. The molecule has 0 bridgehead atoms. The summed E-state index contributed by atoms with van der Waals surface area (Å²) in [5.41, 5.74) is -0.0173. The molecule has 3 N–H and O–H groups in total. The first-order chi connectivity index (χ1) is 9.04. The summed E-state index contributed by atoms with van der Waals surface area (Å²) in [6, 6.07) is 4.08. The van der Waals surface area contributed by atoms with Crippen LogP contribution in [0.1, 0.15) is 17.3 Å². The molecule has 0 aromatic heterocycles. The van der Waals surface area contributed by atoms with Gasteiger partial charge in [0.25, 0.3) is 5.91 Å². The molecule has 1 aromatic carbocycles. The number of hydrogen-bond donors (Lipinski definition) is 3. The molecule has 0 spiro atoms. The Morgan fingerprint density at radius 2 is 2.21 bits per heavy atom. The molecule has 0 aliphatic carbocycles. The van der Waals surface area contributed by atoms with Crippen molar-refractivity contribution < 1.29 is 19.0 Å². The zero-order valence-electron chi connectivity index (χ0n) is 11.1. The molecule has 0 aliphatic rings. The number of hydrogen-bond acceptors (Lipinski definition) is 4. The van der Waals surface area contributed by atoms with E-state index in [1.54, 1.807) is 6.92 Å². The molecule has 0 aliphatic heterocycles. The number of aliphatic hydroxyl groups excluding tert-OH is 1. The summed E-state index contributed by atoms with van der Waals surface area (Å²) < 4.78 is 18.4. The number of nitrogens with one attached hydrogen (secondary N) is 2. The van der Waals surface area contributed by atoms with Gasteiger partial charge in [0.1, 0.15) is 11.6 Å². The van der Waals surface area contributed by atoms with Crippen molar-refractivity contribution in [3.63, 3.8) is 0 Å². The molecule has 1 unspecified atom stereocenters. The van der Waals surface area contributed by atoms with E-state index < -0.39 is 17.8 Å². The summed E-state index contributed by atoms with van der Waals surface area (Å²) >= 11 is 0. The van der Waals surface area contributed by atoms with Gasteiger partial charge < -0.3 is 20.5 Å². The highest BCUT2D eigenvalue weighted by atomic mass is 19.1. The first-order valence-electron chi connectivity index (χ1n) is 6.05. The molecule has 1 atom stereocenters. The van der Waals surface area contributed by atoms with Crippen LogP contribution in [0.4, 0.5) is 4.39 Å². The Kier molecular flexibility index (Phi) is 6.24. The van der Waals surface area contributed by atoms with E-state index in [2.05, 4.69) is 10.6 Å². The van der Waals surface area contributed by atoms with Gasteiger partial charge in [-0.05, 0) is 19.1 Å². The molecule has 1 amide bonds. The van der Waals surface area contributed by atoms with Crippen LogP contribution in [0.5, 0.6) is 5.75 Å². The number of halogens is 1. The number of carbonyl (C=O) groups excluding carboxylic acids is 1. The van der Waals surface area contributed by atoms with Crippen LogP contribution in [-0.4, -0.2) is 43.9 Å². The zero-order chi connectivity index (χ0) is 14.3. The van der Waals surface area contributed by atoms with Crippen LogP contribution < -0.4 is 15.4 Å². The van der Waals surface area contributed by atoms with Crippen LogP contribution in [0, 0.1) is 5.82 Å². The minimum Gasteiger partial charge on any atom is -0.497 e. The van der Waals surface area contributed by atoms with Crippen molar-refractivity contribution in [3.05, 3.63) is 29.6 Å². The van der Waals surface area contributed by atoms with Crippen molar-refractivity contribution in [2.45, 2.75) is 13.0 Å². The van der Waals surface area contributed by atoms with Gasteiger partial charge in [0, 0.05) is 25.7 Å². The molecule has 0 radical (unpaired) electrons. The third-order valence-corrected chi connectivity index (χ3v) is 2.45. The van der Waals surface area contributed by atoms with Crippen LogP contribution in [-0.2, 0) is 0 Å². The van der Waals surface area contributed by atoms with E-state index >= 15 is 0 Å². The fourth-order valence-corrected chi connectivity index (χ4v) is 1.48. The van der Waals surface area contributed by atoms with Gasteiger partial charge in [-0.1, -0.05) is 0 Å². The number of methoxy groups -OCH3 is 1. The van der Waals surface area contributed by atoms with Crippen molar-refractivity contribution >= 4 is 5.91 Å². The summed E-state index contributed by atoms with van der Waals surface area (Å²) in [4.78, 5) is 11.7. The maximum Gasteiger partial charge on any atom is 0.254 e. The Labute approximate surface area is 111 Å².